The molecule has 17 nitrogen and oxygen atoms in total. The second kappa shape index (κ2) is 14.2. The van der Waals surface area contributed by atoms with E-state index in [0.717, 1.165) is 14.3 Å². The third kappa shape index (κ3) is 10.2. The van der Waals surface area contributed by atoms with Crippen molar-refractivity contribution in [1.29, 1.82) is 0 Å². The molecule has 4 rings (SSSR count). The van der Waals surface area contributed by atoms with Crippen molar-refractivity contribution in [2.75, 3.05) is 28.2 Å². The molecule has 0 unspecified atom stereocenters. The average Bonchev–Trinajstić information content (AvgIpc) is 3.61. The molecule has 19 heteroatoms. The van der Waals surface area contributed by atoms with Crippen LogP contribution in [0.2, 0.25) is 0 Å². The van der Waals surface area contributed by atoms with Crippen LogP contribution in [0.25, 0.3) is 11.4 Å². The molecule has 4 heterocycles. The molecule has 0 bridgehead atoms. The molecular formula is C22H28N10O7S2. The molecule has 0 atom stereocenters. The van der Waals surface area contributed by atoms with Gasteiger partial charge in [0.15, 0.2) is 0 Å². The zero-order valence-electron chi connectivity index (χ0n) is 22.3. The van der Waals surface area contributed by atoms with E-state index in [1.165, 1.54) is 62.3 Å². The zero-order valence-corrected chi connectivity index (χ0v) is 23.9. The summed E-state index contributed by atoms with van der Waals surface area (Å²) in [5, 5.41) is 21.1. The van der Waals surface area contributed by atoms with Crippen molar-refractivity contribution in [3.8, 4) is 11.4 Å². The van der Waals surface area contributed by atoms with Gasteiger partial charge in [-0.2, -0.15) is 35.6 Å². The number of nitrogens with one attached hydrogen (secondary N) is 1. The van der Waals surface area contributed by atoms with Gasteiger partial charge in [0.05, 0.1) is 47.3 Å². The van der Waals surface area contributed by atoms with Crippen molar-refractivity contribution in [3.63, 3.8) is 0 Å². The van der Waals surface area contributed by atoms with Crippen molar-refractivity contribution in [2.45, 2.75) is 0 Å². The van der Waals surface area contributed by atoms with E-state index in [1.807, 2.05) is 4.72 Å². The Morgan fingerprint density at radius 1 is 0.805 bits per heavy atom. The van der Waals surface area contributed by atoms with Crippen molar-refractivity contribution >= 4 is 32.3 Å². The summed E-state index contributed by atoms with van der Waals surface area (Å²) in [7, 11) is -1.83. The molecule has 1 amide bonds. The number of hydrogen-bond donors (Lipinski definition) is 3. The SMILES string of the molecule is CN(C)S(=O)(=O)NC(=O)c1cnn(-c2cccnc2)c1.CN(C)S(N)(=O)=O.O=C(O)c1cnn(-c2cccnc2)c1. The number of carbonyl (C=O) groups is 2. The molecule has 0 aliphatic heterocycles. The van der Waals surface area contributed by atoms with E-state index in [4.69, 9.17) is 5.11 Å². The Morgan fingerprint density at radius 3 is 1.59 bits per heavy atom. The second-order valence-corrected chi connectivity index (χ2v) is 11.8. The van der Waals surface area contributed by atoms with Crippen molar-refractivity contribution < 1.29 is 31.5 Å². The van der Waals surface area contributed by atoms with E-state index >= 15 is 0 Å². The first-order chi connectivity index (χ1) is 19.1. The number of nitrogens with two attached hydrogens (primary N) is 1. The monoisotopic (exact) mass is 608 g/mol. The van der Waals surface area contributed by atoms with Crippen LogP contribution in [-0.2, 0) is 20.4 Å². The fourth-order valence-electron chi connectivity index (χ4n) is 2.40. The number of hydrogen-bond acceptors (Lipinski definition) is 10. The number of aromatic carboxylic acids is 1. The number of carboxylic acid groups (broad SMARTS) is 1. The van der Waals surface area contributed by atoms with Gasteiger partial charge >= 0.3 is 16.2 Å². The Hall–Kier alpha value is -4.56. The van der Waals surface area contributed by atoms with Gasteiger partial charge < -0.3 is 5.11 Å². The molecule has 0 aromatic carbocycles. The number of nitrogens with zero attached hydrogens (tertiary/aromatic N) is 8. The van der Waals surface area contributed by atoms with Gasteiger partial charge in [0, 0.05) is 53.0 Å². The van der Waals surface area contributed by atoms with Crippen LogP contribution in [0.1, 0.15) is 20.7 Å². The Balaban J connectivity index is 0.000000242. The number of pyridine rings is 2. The molecule has 0 radical (unpaired) electrons. The van der Waals surface area contributed by atoms with Gasteiger partial charge in [-0.05, 0) is 24.3 Å². The van der Waals surface area contributed by atoms with Crippen LogP contribution >= 0.6 is 0 Å². The quantitative estimate of drug-likeness (QED) is 0.243. The maximum atomic E-state index is 11.8. The van der Waals surface area contributed by atoms with Crippen LogP contribution in [0.3, 0.4) is 0 Å². The summed E-state index contributed by atoms with van der Waals surface area (Å²) >= 11 is 0. The smallest absolute Gasteiger partial charge is 0.338 e. The minimum atomic E-state index is -3.82. The largest absolute Gasteiger partial charge is 0.478 e. The highest BCUT2D eigenvalue weighted by Gasteiger charge is 2.19. The molecule has 0 saturated carbocycles. The van der Waals surface area contributed by atoms with Crippen LogP contribution < -0.4 is 9.86 Å². The summed E-state index contributed by atoms with van der Waals surface area (Å²) in [6.45, 7) is 0. The fourth-order valence-corrected chi connectivity index (χ4v) is 2.94. The van der Waals surface area contributed by atoms with E-state index in [2.05, 4.69) is 25.3 Å². The summed E-state index contributed by atoms with van der Waals surface area (Å²) in [5.74, 6) is -1.73. The molecule has 0 fully saturated rings. The molecule has 0 aliphatic rings. The van der Waals surface area contributed by atoms with E-state index in [1.54, 1.807) is 49.1 Å². The number of rotatable bonds is 7. The lowest BCUT2D eigenvalue weighted by atomic mass is 10.3. The van der Waals surface area contributed by atoms with Crippen LogP contribution in [0.15, 0.2) is 73.8 Å². The molecule has 41 heavy (non-hydrogen) atoms. The first-order valence-electron chi connectivity index (χ1n) is 11.2. The van der Waals surface area contributed by atoms with Crippen LogP contribution in [-0.4, -0.2) is 100 Å². The Morgan fingerprint density at radius 2 is 1.24 bits per heavy atom. The highest BCUT2D eigenvalue weighted by atomic mass is 32.2. The van der Waals surface area contributed by atoms with Gasteiger partial charge in [0.2, 0.25) is 0 Å². The highest BCUT2D eigenvalue weighted by Crippen LogP contribution is 2.07. The van der Waals surface area contributed by atoms with E-state index < -0.39 is 32.3 Å². The van der Waals surface area contributed by atoms with E-state index in [9.17, 15) is 26.4 Å². The standard InChI is InChI=1S/C11H13N5O3S.C9H7N3O2.C2H8N2O2S/c1-15(2)20(18,19)14-11(17)9-6-13-16(8-9)10-4-3-5-12-7-10;13-9(14)7-4-11-12(6-7)8-2-1-3-10-5-8;1-4(2)7(3,5)6/h3-8H,1-2H3,(H,14,17);1-6H,(H,13,14);1-2H3,(H2,3,5,6). The zero-order chi connectivity index (χ0) is 30.8. The van der Waals surface area contributed by atoms with Gasteiger partial charge in [0.25, 0.3) is 16.1 Å². The second-order valence-electron chi connectivity index (χ2n) is 8.12. The molecule has 0 aliphatic carbocycles. The summed E-state index contributed by atoms with van der Waals surface area (Å²) < 4.78 is 49.8. The van der Waals surface area contributed by atoms with E-state index in [-0.39, 0.29) is 11.1 Å². The van der Waals surface area contributed by atoms with Crippen LogP contribution in [0, 0.1) is 0 Å². The maximum Gasteiger partial charge on any atom is 0.338 e. The molecule has 4 aromatic heterocycles. The number of amides is 1. The first kappa shape index (κ1) is 32.7. The van der Waals surface area contributed by atoms with Crippen LogP contribution in [0.5, 0.6) is 0 Å². The van der Waals surface area contributed by atoms with Crippen molar-refractivity contribution in [3.05, 3.63) is 85.0 Å². The first-order valence-corrected chi connectivity index (χ1v) is 14.1. The Kier molecular flexibility index (Phi) is 11.3. The lowest BCUT2D eigenvalue weighted by Gasteiger charge is -2.11. The molecular weight excluding hydrogens is 580 g/mol. The topological polar surface area (TPSA) is 229 Å². The van der Waals surface area contributed by atoms with Gasteiger partial charge in [-0.25, -0.2) is 24.0 Å². The molecule has 4 N–H and O–H groups in total. The van der Waals surface area contributed by atoms with E-state index in [0.29, 0.717) is 5.69 Å². The Bertz CT molecular complexity index is 1650. The third-order valence-electron chi connectivity index (χ3n) is 4.71. The minimum Gasteiger partial charge on any atom is -0.478 e. The summed E-state index contributed by atoms with van der Waals surface area (Å²) in [6.07, 6.45) is 11.9. The molecule has 0 spiro atoms. The number of carbonyl (C=O) groups excluding carboxylic acids is 1. The predicted molar refractivity (Wildman–Crippen MR) is 147 cm³/mol. The Labute approximate surface area is 236 Å². The number of carboxylic acids is 1. The summed E-state index contributed by atoms with van der Waals surface area (Å²) in [4.78, 5) is 30.2. The van der Waals surface area contributed by atoms with Gasteiger partial charge in [-0.15, -0.1) is 0 Å². The van der Waals surface area contributed by atoms with Gasteiger partial charge in [0.1, 0.15) is 0 Å². The highest BCUT2D eigenvalue weighted by molar-refractivity contribution is 7.87. The average molecular weight is 609 g/mol. The van der Waals surface area contributed by atoms with Crippen LogP contribution in [0.4, 0.5) is 0 Å². The number of aromatic nitrogens is 6. The van der Waals surface area contributed by atoms with Gasteiger partial charge in [-0.1, -0.05) is 0 Å². The maximum absolute atomic E-state index is 11.8. The third-order valence-corrected chi connectivity index (χ3v) is 7.13. The lowest BCUT2D eigenvalue weighted by Crippen LogP contribution is -2.39. The predicted octanol–water partition coefficient (Wildman–Crippen LogP) is -0.479. The minimum absolute atomic E-state index is 0.138. The van der Waals surface area contributed by atoms with Gasteiger partial charge in [-0.3, -0.25) is 14.8 Å². The molecule has 0 saturated heterocycles. The summed E-state index contributed by atoms with van der Waals surface area (Å²) in [5.41, 5.74) is 1.70. The summed E-state index contributed by atoms with van der Waals surface area (Å²) in [6, 6.07) is 7.05. The fraction of sp³-hybridized carbons (Fsp3) is 0.182. The molecule has 220 valence electrons. The lowest BCUT2D eigenvalue weighted by molar-refractivity contribution is 0.0696. The normalized spacial score (nSPS) is 11.2. The van der Waals surface area contributed by atoms with Crippen molar-refractivity contribution in [2.24, 2.45) is 5.14 Å². The van der Waals surface area contributed by atoms with Crippen molar-refractivity contribution in [1.82, 2.24) is 42.9 Å². The molecule has 4 aromatic rings.